The molecule has 11 heteroatoms. The van der Waals surface area contributed by atoms with E-state index in [4.69, 9.17) is 0 Å². The summed E-state index contributed by atoms with van der Waals surface area (Å²) in [5.74, 6) is 0. The molecule has 0 unspecified atom stereocenters. The van der Waals surface area contributed by atoms with Gasteiger partial charge in [0.15, 0.2) is 14.7 Å². The third-order valence-electron chi connectivity index (χ3n) is 5.06. The zero-order chi connectivity index (χ0) is 28.1. The lowest BCUT2D eigenvalue weighted by Gasteiger charge is -2.15. The minimum absolute atomic E-state index is 0.0229. The molecule has 0 aliphatic rings. The van der Waals surface area contributed by atoms with Gasteiger partial charge in [-0.05, 0) is 61.5 Å². The minimum Gasteiger partial charge on any atom is -0.744 e. The van der Waals surface area contributed by atoms with E-state index in [1.165, 1.54) is 20.2 Å². The molecule has 0 aromatic heterocycles. The zero-order valence-corrected chi connectivity index (χ0v) is 21.3. The molecule has 0 saturated carbocycles. The third-order valence-corrected chi connectivity index (χ3v) is 8.11. The SMILES string of the molecule is Cc1ccc([S+](c2ccccc2)c2ccccc2)cc1.O=S(=O)([O-])c1cc(C(F)(F)F)cc(C(F)(F)F)c1. The summed E-state index contributed by atoms with van der Waals surface area (Å²) >= 11 is 0. The van der Waals surface area contributed by atoms with Gasteiger partial charge in [-0.2, -0.15) is 26.3 Å². The lowest BCUT2D eigenvalue weighted by atomic mass is 10.1. The summed E-state index contributed by atoms with van der Waals surface area (Å²) in [4.78, 5) is 2.52. The molecule has 3 nitrogen and oxygen atoms in total. The number of rotatable bonds is 4. The van der Waals surface area contributed by atoms with E-state index in [0.29, 0.717) is 0 Å². The van der Waals surface area contributed by atoms with Gasteiger partial charge in [0.1, 0.15) is 10.1 Å². The number of alkyl halides is 6. The van der Waals surface area contributed by atoms with Gasteiger partial charge in [0, 0.05) is 0 Å². The van der Waals surface area contributed by atoms with Gasteiger partial charge < -0.3 is 4.55 Å². The molecule has 0 spiro atoms. The van der Waals surface area contributed by atoms with Gasteiger partial charge in [0.2, 0.25) is 0 Å². The smallest absolute Gasteiger partial charge is 0.416 e. The molecule has 0 aliphatic heterocycles. The van der Waals surface area contributed by atoms with Gasteiger partial charge in [0.25, 0.3) is 0 Å². The van der Waals surface area contributed by atoms with Crippen molar-refractivity contribution < 1.29 is 39.3 Å². The summed E-state index contributed by atoms with van der Waals surface area (Å²) in [5.41, 5.74) is -2.41. The number of hydrogen-bond acceptors (Lipinski definition) is 3. The van der Waals surface area contributed by atoms with Gasteiger partial charge >= 0.3 is 12.4 Å². The Hall–Kier alpha value is -3.28. The number of halogens is 6. The molecule has 4 aromatic carbocycles. The maximum Gasteiger partial charge on any atom is 0.416 e. The van der Waals surface area contributed by atoms with Crippen LogP contribution in [-0.2, 0) is 33.4 Å². The Balaban J connectivity index is 0.000000212. The van der Waals surface area contributed by atoms with E-state index < -0.39 is 38.5 Å². The van der Waals surface area contributed by atoms with Gasteiger partial charge in [0.05, 0.1) is 26.9 Å². The standard InChI is InChI=1S/C19H17S.C8H4F6O3S/c1-16-12-14-19(15-13-16)20(17-8-4-2-5-9-17)18-10-6-3-7-11-18;9-7(10,11)4-1-5(8(12,13)14)3-6(2-4)18(15,16)17/h2-15H,1H3;1-3H,(H,15,16,17)/q+1;/p-1. The van der Waals surface area contributed by atoms with Crippen LogP contribution in [0.1, 0.15) is 16.7 Å². The highest BCUT2D eigenvalue weighted by atomic mass is 32.2. The predicted octanol–water partition coefficient (Wildman–Crippen LogP) is 7.72. The Kier molecular flexibility index (Phi) is 8.96. The van der Waals surface area contributed by atoms with Crippen LogP contribution >= 0.6 is 0 Å². The average molecular weight is 571 g/mol. The summed E-state index contributed by atoms with van der Waals surface area (Å²) in [6, 6.07) is 29.8. The lowest BCUT2D eigenvalue weighted by Crippen LogP contribution is -2.13. The van der Waals surface area contributed by atoms with Crippen molar-refractivity contribution in [2.24, 2.45) is 0 Å². The van der Waals surface area contributed by atoms with E-state index in [2.05, 4.69) is 91.9 Å². The highest BCUT2D eigenvalue weighted by molar-refractivity contribution is 7.97. The van der Waals surface area contributed by atoms with E-state index in [1.54, 1.807) is 0 Å². The van der Waals surface area contributed by atoms with Crippen LogP contribution in [0.5, 0.6) is 0 Å². The summed E-state index contributed by atoms with van der Waals surface area (Å²) in [6.07, 6.45) is -10.4. The molecular formula is C27H20F6O3S2. The van der Waals surface area contributed by atoms with Crippen molar-refractivity contribution in [1.29, 1.82) is 0 Å². The molecule has 0 saturated heterocycles. The van der Waals surface area contributed by atoms with Crippen LogP contribution in [0.25, 0.3) is 0 Å². The highest BCUT2D eigenvalue weighted by Crippen LogP contribution is 2.37. The second-order valence-electron chi connectivity index (χ2n) is 7.94. The number of hydrogen-bond donors (Lipinski definition) is 0. The van der Waals surface area contributed by atoms with Gasteiger partial charge in [-0.25, -0.2) is 8.42 Å². The van der Waals surface area contributed by atoms with Crippen molar-refractivity contribution in [1.82, 2.24) is 0 Å². The first-order valence-electron chi connectivity index (χ1n) is 10.8. The Morgan fingerprint density at radius 3 is 1.32 bits per heavy atom. The van der Waals surface area contributed by atoms with E-state index in [-0.39, 0.29) is 29.1 Å². The highest BCUT2D eigenvalue weighted by Gasteiger charge is 2.37. The van der Waals surface area contributed by atoms with E-state index in [9.17, 15) is 39.3 Å². The Morgan fingerprint density at radius 2 is 0.974 bits per heavy atom. The zero-order valence-electron chi connectivity index (χ0n) is 19.6. The second-order valence-corrected chi connectivity index (χ2v) is 11.3. The van der Waals surface area contributed by atoms with Crippen LogP contribution < -0.4 is 0 Å². The van der Waals surface area contributed by atoms with Crippen LogP contribution in [0.3, 0.4) is 0 Å². The Bertz CT molecular complexity index is 1380. The van der Waals surface area contributed by atoms with Crippen molar-refractivity contribution in [2.45, 2.75) is 38.9 Å². The monoisotopic (exact) mass is 570 g/mol. The average Bonchev–Trinajstić information content (AvgIpc) is 2.85. The summed E-state index contributed by atoms with van der Waals surface area (Å²) in [5, 5.41) is 0. The first kappa shape index (κ1) is 29.3. The quantitative estimate of drug-likeness (QED) is 0.143. The Morgan fingerprint density at radius 1 is 0.605 bits per heavy atom. The first-order valence-corrected chi connectivity index (χ1v) is 13.5. The summed E-state index contributed by atoms with van der Waals surface area (Å²) in [7, 11) is -5.44. The first-order chi connectivity index (χ1) is 17.7. The molecule has 0 heterocycles. The minimum atomic E-state index is -5.42. The normalized spacial score (nSPS) is 12.1. The second kappa shape index (κ2) is 11.6. The lowest BCUT2D eigenvalue weighted by molar-refractivity contribution is -0.143. The fraction of sp³-hybridized carbons (Fsp3) is 0.111. The molecule has 0 bridgehead atoms. The topological polar surface area (TPSA) is 57.2 Å². The van der Waals surface area contributed by atoms with E-state index in [1.807, 2.05) is 0 Å². The number of aryl methyl sites for hydroxylation is 1. The third kappa shape index (κ3) is 7.86. The van der Waals surface area contributed by atoms with E-state index >= 15 is 0 Å². The molecule has 38 heavy (non-hydrogen) atoms. The molecule has 200 valence electrons. The summed E-state index contributed by atoms with van der Waals surface area (Å²) in [6.45, 7) is 2.13. The van der Waals surface area contributed by atoms with Crippen LogP contribution in [0, 0.1) is 6.92 Å². The van der Waals surface area contributed by atoms with Gasteiger partial charge in [-0.1, -0.05) is 54.1 Å². The van der Waals surface area contributed by atoms with Crippen molar-refractivity contribution in [3.8, 4) is 0 Å². The van der Waals surface area contributed by atoms with Crippen LogP contribution in [0.15, 0.2) is 123 Å². The van der Waals surface area contributed by atoms with Gasteiger partial charge in [-0.15, -0.1) is 0 Å². The molecule has 0 aliphatic carbocycles. The molecule has 4 rings (SSSR count). The molecule has 4 aromatic rings. The predicted molar refractivity (Wildman–Crippen MR) is 131 cm³/mol. The van der Waals surface area contributed by atoms with Gasteiger partial charge in [-0.3, -0.25) is 0 Å². The number of benzene rings is 4. The summed E-state index contributed by atoms with van der Waals surface area (Å²) < 4.78 is 105. The molecule has 0 atom stereocenters. The van der Waals surface area contributed by atoms with Crippen molar-refractivity contribution >= 4 is 21.0 Å². The molecule has 0 amide bonds. The molecule has 0 fully saturated rings. The fourth-order valence-electron chi connectivity index (χ4n) is 3.27. The fourth-order valence-corrected chi connectivity index (χ4v) is 5.89. The largest absolute Gasteiger partial charge is 0.744 e. The van der Waals surface area contributed by atoms with Crippen LogP contribution in [0.2, 0.25) is 0 Å². The van der Waals surface area contributed by atoms with Crippen LogP contribution in [-0.4, -0.2) is 13.0 Å². The maximum atomic E-state index is 12.3. The van der Waals surface area contributed by atoms with Crippen molar-refractivity contribution in [3.63, 3.8) is 0 Å². The van der Waals surface area contributed by atoms with Crippen LogP contribution in [0.4, 0.5) is 26.3 Å². The van der Waals surface area contributed by atoms with E-state index in [0.717, 1.165) is 0 Å². The van der Waals surface area contributed by atoms with Crippen molar-refractivity contribution in [3.05, 3.63) is 120 Å². The van der Waals surface area contributed by atoms with Crippen molar-refractivity contribution in [2.75, 3.05) is 0 Å². The maximum absolute atomic E-state index is 12.3. The molecule has 0 N–H and O–H groups in total. The Labute approximate surface area is 218 Å². The molecular weight excluding hydrogens is 550 g/mol. The molecule has 0 radical (unpaired) electrons.